The van der Waals surface area contributed by atoms with Crippen LogP contribution in [0.5, 0.6) is 11.5 Å². The molecule has 0 spiro atoms. The van der Waals surface area contributed by atoms with E-state index in [2.05, 4.69) is 3.63 Å². The standard InChI is InChI=1S/C25H22O5S2/c1-19-7-13-25(14-8-19)32(28,29)30-31(22-5-3-2-4-6-22,23-15-9-20(26)10-16-23)24-17-11-21(27)12-18-24/h2-18,26-27H,1H3/p+1. The van der Waals surface area contributed by atoms with Crippen LogP contribution in [0.2, 0.25) is 0 Å². The Morgan fingerprint density at radius 1 is 0.562 bits per heavy atom. The Morgan fingerprint density at radius 3 is 1.44 bits per heavy atom. The quantitative estimate of drug-likeness (QED) is 0.265. The molecule has 0 radical (unpaired) electrons. The van der Waals surface area contributed by atoms with Gasteiger partial charge in [0.25, 0.3) is 0 Å². The zero-order valence-corrected chi connectivity index (χ0v) is 18.9. The van der Waals surface area contributed by atoms with Crippen LogP contribution in [0.25, 0.3) is 0 Å². The predicted molar refractivity (Wildman–Crippen MR) is 126 cm³/mol. The van der Waals surface area contributed by atoms with E-state index in [-0.39, 0.29) is 16.4 Å². The molecule has 4 aromatic rings. The maximum atomic E-state index is 13.6. The topological polar surface area (TPSA) is 87.4 Å². The van der Waals surface area contributed by atoms with Gasteiger partial charge in [0.1, 0.15) is 16.4 Å². The van der Waals surface area contributed by atoms with Crippen LogP contribution in [0.3, 0.4) is 0 Å². The molecule has 0 aliphatic rings. The Hall–Kier alpha value is -3.26. The first-order valence-corrected chi connectivity index (χ1v) is 12.9. The second-order valence-corrected chi connectivity index (χ2v) is 11.8. The predicted octanol–water partition coefficient (Wildman–Crippen LogP) is 6.09. The third-order valence-corrected chi connectivity index (χ3v) is 10.4. The molecule has 4 aromatic carbocycles. The number of hydrogen-bond acceptors (Lipinski definition) is 4. The van der Waals surface area contributed by atoms with Gasteiger partial charge in [0, 0.05) is 0 Å². The maximum Gasteiger partial charge on any atom is 0.422 e. The van der Waals surface area contributed by atoms with Crippen molar-refractivity contribution in [2.45, 2.75) is 26.5 Å². The number of aromatic hydroxyl groups is 2. The van der Waals surface area contributed by atoms with E-state index in [0.29, 0.717) is 14.7 Å². The van der Waals surface area contributed by atoms with Crippen molar-refractivity contribution < 1.29 is 22.3 Å². The zero-order valence-electron chi connectivity index (χ0n) is 17.3. The second kappa shape index (κ2) is 8.70. The molecule has 32 heavy (non-hydrogen) atoms. The monoisotopic (exact) mass is 467 g/mol. The summed E-state index contributed by atoms with van der Waals surface area (Å²) in [6, 6.07) is 28.7. The van der Waals surface area contributed by atoms with Crippen molar-refractivity contribution in [2.75, 3.05) is 0 Å². The average Bonchev–Trinajstić information content (AvgIpc) is 2.79. The summed E-state index contributed by atoms with van der Waals surface area (Å²) in [4.78, 5) is 2.10. The van der Waals surface area contributed by atoms with Crippen molar-refractivity contribution in [3.05, 3.63) is 109 Å². The minimum Gasteiger partial charge on any atom is -0.508 e. The van der Waals surface area contributed by atoms with E-state index in [1.165, 1.54) is 24.3 Å². The van der Waals surface area contributed by atoms with E-state index in [1.54, 1.807) is 48.5 Å². The molecule has 0 unspecified atom stereocenters. The second-order valence-electron chi connectivity index (χ2n) is 7.24. The van der Waals surface area contributed by atoms with E-state index in [0.717, 1.165) is 5.56 Å². The Bertz CT molecular complexity index is 1250. The van der Waals surface area contributed by atoms with Crippen LogP contribution in [0, 0.1) is 6.92 Å². The highest BCUT2D eigenvalue weighted by Crippen LogP contribution is 2.68. The first kappa shape index (κ1) is 22.0. The highest BCUT2D eigenvalue weighted by atomic mass is 32.3. The van der Waals surface area contributed by atoms with Crippen LogP contribution in [0.4, 0.5) is 0 Å². The van der Waals surface area contributed by atoms with E-state index in [4.69, 9.17) is 0 Å². The van der Waals surface area contributed by atoms with Crippen LogP contribution in [0.15, 0.2) is 123 Å². The number of hydrogen-bond donors (Lipinski definition) is 2. The summed E-state index contributed by atoms with van der Waals surface area (Å²) >= 11 is 0. The minimum atomic E-state index is -4.06. The highest BCUT2D eigenvalue weighted by Gasteiger charge is 2.43. The number of rotatable bonds is 6. The molecule has 0 aromatic heterocycles. The summed E-state index contributed by atoms with van der Waals surface area (Å²) in [5, 5.41) is 19.7. The zero-order chi connectivity index (χ0) is 22.8. The van der Waals surface area contributed by atoms with Gasteiger partial charge in [-0.25, -0.2) is 0 Å². The summed E-state index contributed by atoms with van der Waals surface area (Å²) in [5.41, 5.74) is 0.947. The minimum absolute atomic E-state index is 0.0715. The SMILES string of the molecule is Cc1ccc(S(=O)(=O)[OH+]S(c2ccccc2)(c2ccc(O)cc2)c2ccc(O)cc2)cc1. The fourth-order valence-electron chi connectivity index (χ4n) is 3.34. The smallest absolute Gasteiger partial charge is 0.422 e. The first-order chi connectivity index (χ1) is 15.3. The van der Waals surface area contributed by atoms with Gasteiger partial charge in [-0.2, -0.15) is 0 Å². The van der Waals surface area contributed by atoms with Crippen molar-refractivity contribution in [1.29, 1.82) is 0 Å². The summed E-state index contributed by atoms with van der Waals surface area (Å²) < 4.78 is 31.7. The van der Waals surface area contributed by atoms with Gasteiger partial charge >= 0.3 is 10.1 Å². The lowest BCUT2D eigenvalue weighted by atomic mass is 10.2. The molecule has 0 aliphatic carbocycles. The van der Waals surface area contributed by atoms with Gasteiger partial charge in [-0.15, -0.1) is 8.42 Å². The third kappa shape index (κ3) is 4.23. The van der Waals surface area contributed by atoms with Crippen LogP contribution >= 0.6 is 10.3 Å². The molecule has 7 heteroatoms. The molecule has 0 fully saturated rings. The average molecular weight is 468 g/mol. The van der Waals surface area contributed by atoms with Crippen molar-refractivity contribution >= 4 is 20.4 Å². The first-order valence-electron chi connectivity index (χ1n) is 9.84. The van der Waals surface area contributed by atoms with Gasteiger partial charge in [0.05, 0.1) is 25.0 Å². The number of aryl methyl sites for hydroxylation is 1. The third-order valence-electron chi connectivity index (χ3n) is 4.97. The number of benzene rings is 4. The van der Waals surface area contributed by atoms with Crippen molar-refractivity contribution in [3.8, 4) is 11.5 Å². The van der Waals surface area contributed by atoms with Crippen LogP contribution in [-0.2, 0) is 10.1 Å². The van der Waals surface area contributed by atoms with E-state index in [9.17, 15) is 18.6 Å². The number of phenolic OH excluding ortho intramolecular Hbond substituents is 2. The van der Waals surface area contributed by atoms with Crippen molar-refractivity contribution in [1.82, 2.24) is 0 Å². The Labute approximate surface area is 189 Å². The summed E-state index contributed by atoms with van der Waals surface area (Å²) in [5.74, 6) is 0.143. The number of phenols is 2. The lowest BCUT2D eigenvalue weighted by Gasteiger charge is -2.34. The van der Waals surface area contributed by atoms with Crippen LogP contribution in [-0.4, -0.2) is 22.3 Å². The van der Waals surface area contributed by atoms with Gasteiger partial charge in [0.2, 0.25) is 0 Å². The summed E-state index contributed by atoms with van der Waals surface area (Å²) in [6.45, 7) is 1.89. The molecular formula is C25H23O5S2+. The fraction of sp³-hybridized carbons (Fsp3) is 0.0400. The van der Waals surface area contributed by atoms with E-state index >= 15 is 0 Å². The lowest BCUT2D eigenvalue weighted by molar-refractivity contribution is 0.387. The Balaban J connectivity index is 2.01. The largest absolute Gasteiger partial charge is 0.508 e. The van der Waals surface area contributed by atoms with E-state index in [1.807, 2.05) is 37.3 Å². The molecule has 4 rings (SSSR count). The molecule has 5 nitrogen and oxygen atoms in total. The van der Waals surface area contributed by atoms with Crippen LogP contribution < -0.4 is 0 Å². The molecule has 0 saturated carbocycles. The molecule has 3 N–H and O–H groups in total. The van der Waals surface area contributed by atoms with Crippen molar-refractivity contribution in [2.24, 2.45) is 0 Å². The van der Waals surface area contributed by atoms with Gasteiger partial charge < -0.3 is 10.2 Å². The summed E-state index contributed by atoms with van der Waals surface area (Å²) in [7, 11) is -6.73. The molecule has 0 amide bonds. The maximum absolute atomic E-state index is 13.6. The molecular weight excluding hydrogens is 444 g/mol. The van der Waals surface area contributed by atoms with Gasteiger partial charge in [-0.3, -0.25) is 3.63 Å². The fourth-order valence-corrected chi connectivity index (χ4v) is 8.80. The van der Waals surface area contributed by atoms with Crippen LogP contribution in [0.1, 0.15) is 5.56 Å². The van der Waals surface area contributed by atoms with Gasteiger partial charge in [-0.1, -0.05) is 35.9 Å². The van der Waals surface area contributed by atoms with Crippen molar-refractivity contribution in [3.63, 3.8) is 0 Å². The molecule has 0 aliphatic heterocycles. The normalized spacial score (nSPS) is 12.4. The Kier molecular flexibility index (Phi) is 5.97. The molecule has 0 bridgehead atoms. The highest BCUT2D eigenvalue weighted by molar-refractivity contribution is 8.32. The molecule has 0 atom stereocenters. The molecule has 164 valence electrons. The van der Waals surface area contributed by atoms with Gasteiger partial charge in [0.15, 0.2) is 0 Å². The molecule has 0 saturated heterocycles. The summed E-state index contributed by atoms with van der Waals surface area (Å²) in [6.07, 6.45) is 0. The van der Waals surface area contributed by atoms with Gasteiger partial charge in [-0.05, 0) is 79.7 Å². The molecule has 0 heterocycles. The van der Waals surface area contributed by atoms with E-state index < -0.39 is 20.4 Å². The Morgan fingerprint density at radius 2 is 0.969 bits per heavy atom. The lowest BCUT2D eigenvalue weighted by Crippen LogP contribution is -2.18.